The van der Waals surface area contributed by atoms with E-state index in [0.29, 0.717) is 35.9 Å². The average Bonchev–Trinajstić information content (AvgIpc) is 3.40. The number of hydrogen-bond acceptors (Lipinski definition) is 5. The van der Waals surface area contributed by atoms with Gasteiger partial charge in [-0.2, -0.15) is 5.10 Å². The highest BCUT2D eigenvalue weighted by Gasteiger charge is 2.20. The molecular weight excluding hydrogens is 419 g/mol. The summed E-state index contributed by atoms with van der Waals surface area (Å²) < 4.78 is 16.6. The van der Waals surface area contributed by atoms with E-state index in [1.54, 1.807) is 33.6 Å². The molecule has 30 heavy (non-hydrogen) atoms. The van der Waals surface area contributed by atoms with E-state index in [9.17, 15) is 9.18 Å². The fourth-order valence-corrected chi connectivity index (χ4v) is 4.87. The van der Waals surface area contributed by atoms with Gasteiger partial charge in [-0.1, -0.05) is 35.1 Å². The Balaban J connectivity index is 1.48. The van der Waals surface area contributed by atoms with Gasteiger partial charge in [0.25, 0.3) is 0 Å². The average molecular weight is 441 g/mol. The molecule has 0 aliphatic heterocycles. The summed E-state index contributed by atoms with van der Waals surface area (Å²) in [7, 11) is 0. The molecule has 0 aliphatic carbocycles. The predicted molar refractivity (Wildman–Crippen MR) is 121 cm³/mol. The minimum absolute atomic E-state index is 0.0266. The number of fused-ring (bicyclic) bond motifs is 1. The topological polar surface area (TPSA) is 51.0 Å². The van der Waals surface area contributed by atoms with E-state index in [4.69, 9.17) is 0 Å². The monoisotopic (exact) mass is 440 g/mol. The van der Waals surface area contributed by atoms with E-state index >= 15 is 0 Å². The molecule has 0 saturated carbocycles. The van der Waals surface area contributed by atoms with Crippen LogP contribution in [0.1, 0.15) is 12.0 Å². The van der Waals surface area contributed by atoms with Crippen molar-refractivity contribution < 1.29 is 9.18 Å². The number of para-hydroxylation sites is 1. The number of halogens is 1. The van der Waals surface area contributed by atoms with Gasteiger partial charge in [0.05, 0.1) is 11.2 Å². The summed E-state index contributed by atoms with van der Waals surface area (Å²) >= 11 is 2.99. The smallest absolute Gasteiger partial charge is 0.229 e. The number of thiazole rings is 1. The van der Waals surface area contributed by atoms with Crippen LogP contribution in [0.4, 0.5) is 9.52 Å². The number of benzene rings is 2. The third-order valence-electron chi connectivity index (χ3n) is 4.61. The highest BCUT2D eigenvalue weighted by atomic mass is 32.2. The van der Waals surface area contributed by atoms with Crippen molar-refractivity contribution in [2.75, 3.05) is 17.2 Å². The van der Waals surface area contributed by atoms with E-state index in [1.807, 2.05) is 18.3 Å². The van der Waals surface area contributed by atoms with E-state index in [0.717, 1.165) is 9.60 Å². The summed E-state index contributed by atoms with van der Waals surface area (Å²) in [6, 6.07) is 15.0. The summed E-state index contributed by atoms with van der Waals surface area (Å²) in [5.74, 6) is 0.269. The molecule has 0 N–H and O–H groups in total. The summed E-state index contributed by atoms with van der Waals surface area (Å²) in [6.07, 6.45) is 3.93. The molecule has 1 amide bonds. The van der Waals surface area contributed by atoms with E-state index in [2.05, 4.69) is 41.3 Å². The first kappa shape index (κ1) is 20.6. The Kier molecular flexibility index (Phi) is 6.44. The summed E-state index contributed by atoms with van der Waals surface area (Å²) in [4.78, 5) is 20.3. The zero-order valence-electron chi connectivity index (χ0n) is 16.5. The second-order valence-electron chi connectivity index (χ2n) is 6.81. The van der Waals surface area contributed by atoms with Gasteiger partial charge in [-0.15, -0.1) is 11.8 Å². The molecule has 0 bridgehead atoms. The van der Waals surface area contributed by atoms with Crippen LogP contribution in [0.25, 0.3) is 10.2 Å². The second-order valence-corrected chi connectivity index (χ2v) is 8.99. The van der Waals surface area contributed by atoms with Crippen molar-refractivity contribution in [1.29, 1.82) is 0 Å². The van der Waals surface area contributed by atoms with E-state index in [-0.39, 0.29) is 11.7 Å². The highest BCUT2D eigenvalue weighted by Crippen LogP contribution is 2.31. The molecule has 154 valence electrons. The fraction of sp³-hybridized carbons (Fsp3) is 0.227. The number of aryl methyl sites for hydroxylation is 1. The Bertz CT molecular complexity index is 1130. The van der Waals surface area contributed by atoms with Crippen molar-refractivity contribution in [1.82, 2.24) is 14.8 Å². The molecule has 0 unspecified atom stereocenters. The third-order valence-corrected chi connectivity index (χ3v) is 6.67. The lowest BCUT2D eigenvalue weighted by molar-refractivity contribution is -0.118. The third kappa shape index (κ3) is 4.88. The van der Waals surface area contributed by atoms with Crippen LogP contribution in [0.5, 0.6) is 0 Å². The normalized spacial score (nSPS) is 11.1. The largest absolute Gasteiger partial charge is 0.286 e. The van der Waals surface area contributed by atoms with Gasteiger partial charge in [-0.25, -0.2) is 9.37 Å². The van der Waals surface area contributed by atoms with Crippen LogP contribution in [0, 0.1) is 12.7 Å². The SMILES string of the molecule is Cc1ccc(SCCC(=O)N(CCn2cccn2)c2nc3c(F)cccc3s2)cc1. The molecule has 2 aromatic carbocycles. The number of rotatable bonds is 8. The first-order valence-electron chi connectivity index (χ1n) is 9.62. The number of nitrogens with zero attached hydrogens (tertiary/aromatic N) is 4. The molecule has 0 atom stereocenters. The Morgan fingerprint density at radius 3 is 2.77 bits per heavy atom. The fourth-order valence-electron chi connectivity index (χ4n) is 3.01. The molecule has 4 aromatic rings. The maximum Gasteiger partial charge on any atom is 0.229 e. The Labute approximate surface area is 182 Å². The van der Waals surface area contributed by atoms with Crippen LogP contribution in [0.2, 0.25) is 0 Å². The quantitative estimate of drug-likeness (QED) is 0.355. The molecule has 2 heterocycles. The van der Waals surface area contributed by atoms with Crippen LogP contribution in [-0.4, -0.2) is 33.0 Å². The number of amides is 1. The first-order chi connectivity index (χ1) is 14.6. The van der Waals surface area contributed by atoms with E-state index < -0.39 is 0 Å². The lowest BCUT2D eigenvalue weighted by atomic mass is 10.2. The highest BCUT2D eigenvalue weighted by molar-refractivity contribution is 7.99. The minimum atomic E-state index is -0.371. The molecule has 0 spiro atoms. The predicted octanol–water partition coefficient (Wildman–Crippen LogP) is 5.16. The first-order valence-corrected chi connectivity index (χ1v) is 11.4. The van der Waals surface area contributed by atoms with Gasteiger partial charge >= 0.3 is 0 Å². The summed E-state index contributed by atoms with van der Waals surface area (Å²) in [5.41, 5.74) is 1.52. The lowest BCUT2D eigenvalue weighted by Crippen LogP contribution is -2.34. The van der Waals surface area contributed by atoms with Gasteiger partial charge in [0.2, 0.25) is 5.91 Å². The van der Waals surface area contributed by atoms with Gasteiger partial charge in [0.15, 0.2) is 5.13 Å². The zero-order chi connectivity index (χ0) is 20.9. The second kappa shape index (κ2) is 9.40. The molecule has 0 aliphatic rings. The summed E-state index contributed by atoms with van der Waals surface area (Å²) in [5, 5.41) is 4.73. The molecule has 8 heteroatoms. The van der Waals surface area contributed by atoms with Crippen LogP contribution >= 0.6 is 23.1 Å². The van der Waals surface area contributed by atoms with Gasteiger partial charge in [-0.05, 0) is 37.3 Å². The number of anilines is 1. The maximum atomic E-state index is 14.1. The van der Waals surface area contributed by atoms with Gasteiger partial charge in [0, 0.05) is 36.0 Å². The van der Waals surface area contributed by atoms with Crippen molar-refractivity contribution in [2.24, 2.45) is 0 Å². The number of aromatic nitrogens is 3. The van der Waals surface area contributed by atoms with Crippen molar-refractivity contribution in [3.63, 3.8) is 0 Å². The van der Waals surface area contributed by atoms with Gasteiger partial charge in [-0.3, -0.25) is 14.4 Å². The maximum absolute atomic E-state index is 14.1. The van der Waals surface area contributed by atoms with Crippen LogP contribution in [-0.2, 0) is 11.3 Å². The molecule has 0 fully saturated rings. The molecule has 2 aromatic heterocycles. The van der Waals surface area contributed by atoms with Crippen molar-refractivity contribution in [3.8, 4) is 0 Å². The van der Waals surface area contributed by atoms with Crippen molar-refractivity contribution in [2.45, 2.75) is 24.8 Å². The zero-order valence-corrected chi connectivity index (χ0v) is 18.1. The number of hydrogen-bond donors (Lipinski definition) is 0. The Morgan fingerprint density at radius 2 is 2.03 bits per heavy atom. The van der Waals surface area contributed by atoms with Gasteiger partial charge < -0.3 is 0 Å². The number of carbonyl (C=O) groups is 1. The minimum Gasteiger partial charge on any atom is -0.286 e. The lowest BCUT2D eigenvalue weighted by Gasteiger charge is -2.20. The van der Waals surface area contributed by atoms with E-state index in [1.165, 1.54) is 23.0 Å². The number of carbonyl (C=O) groups excluding carboxylic acids is 1. The summed E-state index contributed by atoms with van der Waals surface area (Å²) in [6.45, 7) is 3.02. The number of thioether (sulfide) groups is 1. The molecular formula is C22H21FN4OS2. The Morgan fingerprint density at radius 1 is 1.20 bits per heavy atom. The van der Waals surface area contributed by atoms with Crippen molar-refractivity contribution >= 4 is 44.4 Å². The molecule has 4 rings (SSSR count). The van der Waals surface area contributed by atoms with Crippen molar-refractivity contribution in [3.05, 3.63) is 72.3 Å². The standard InChI is InChI=1S/C22H21FN4OS2/c1-16-6-8-17(9-7-16)29-15-10-20(28)27(14-13-26-12-3-11-24-26)22-25-21-18(23)4-2-5-19(21)30-22/h2-9,11-12H,10,13-15H2,1H3. The van der Waals surface area contributed by atoms with Gasteiger partial charge in [0.1, 0.15) is 11.3 Å². The van der Waals surface area contributed by atoms with Crippen LogP contribution < -0.4 is 4.90 Å². The molecule has 5 nitrogen and oxygen atoms in total. The van der Waals surface area contributed by atoms with Crippen LogP contribution in [0.3, 0.4) is 0 Å². The Hall–Kier alpha value is -2.71. The molecule has 0 saturated heterocycles. The van der Waals surface area contributed by atoms with Crippen LogP contribution in [0.15, 0.2) is 65.8 Å². The molecule has 0 radical (unpaired) electrons.